The fourth-order valence-electron chi connectivity index (χ4n) is 2.81. The normalized spacial score (nSPS) is 14.8. The van der Waals surface area contributed by atoms with Crippen molar-refractivity contribution in [2.45, 2.75) is 25.7 Å². The van der Waals surface area contributed by atoms with Crippen LogP contribution in [-0.4, -0.2) is 28.0 Å². The van der Waals surface area contributed by atoms with Gasteiger partial charge in [-0.05, 0) is 37.1 Å². The molecule has 0 bridgehead atoms. The summed E-state index contributed by atoms with van der Waals surface area (Å²) in [5, 5.41) is 14.2. The van der Waals surface area contributed by atoms with Crippen LogP contribution in [0.25, 0.3) is 0 Å². The fourth-order valence-corrected chi connectivity index (χ4v) is 2.81. The Bertz CT molecular complexity index is 760. The first-order chi connectivity index (χ1) is 12.0. The topological polar surface area (TPSA) is 110 Å². The second-order valence-electron chi connectivity index (χ2n) is 5.90. The molecule has 1 aliphatic rings. The molecule has 0 unspecified atom stereocenters. The number of nitrogen functional groups attached to an aromatic ring is 1. The van der Waals surface area contributed by atoms with Crippen molar-refractivity contribution in [3.63, 3.8) is 0 Å². The molecule has 2 aromatic rings. The SMILES string of the molecule is Nc1nc(N2CCCCCC2)nc(Nc2ccc(F)cc2)c1[N+](=O)[O-]. The molecule has 3 N–H and O–H groups in total. The van der Waals surface area contributed by atoms with Gasteiger partial charge >= 0.3 is 5.69 Å². The zero-order valence-corrected chi connectivity index (χ0v) is 13.6. The second-order valence-corrected chi connectivity index (χ2v) is 5.90. The predicted octanol–water partition coefficient (Wildman–Crippen LogP) is 3.23. The number of rotatable bonds is 4. The second kappa shape index (κ2) is 7.29. The third kappa shape index (κ3) is 3.93. The molecule has 2 heterocycles. The molecule has 0 radical (unpaired) electrons. The third-order valence-electron chi connectivity index (χ3n) is 4.08. The maximum Gasteiger partial charge on any atom is 0.353 e. The van der Waals surface area contributed by atoms with Crippen molar-refractivity contribution in [3.05, 3.63) is 40.2 Å². The largest absolute Gasteiger partial charge is 0.378 e. The van der Waals surface area contributed by atoms with Gasteiger partial charge in [0.2, 0.25) is 17.6 Å². The summed E-state index contributed by atoms with van der Waals surface area (Å²) in [5.41, 5.74) is 5.92. The minimum absolute atomic E-state index is 0.00311. The quantitative estimate of drug-likeness (QED) is 0.646. The van der Waals surface area contributed by atoms with Gasteiger partial charge in [0.05, 0.1) is 4.92 Å². The molecule has 1 aromatic heterocycles. The Hall–Kier alpha value is -2.97. The van der Waals surface area contributed by atoms with Crippen LogP contribution >= 0.6 is 0 Å². The summed E-state index contributed by atoms with van der Waals surface area (Å²) in [6, 6.07) is 5.47. The van der Waals surface area contributed by atoms with Crippen LogP contribution in [0.2, 0.25) is 0 Å². The molecule has 0 saturated carbocycles. The molecule has 8 nitrogen and oxygen atoms in total. The van der Waals surface area contributed by atoms with E-state index < -0.39 is 10.7 Å². The molecule has 3 rings (SSSR count). The Morgan fingerprint density at radius 2 is 1.76 bits per heavy atom. The average molecular weight is 346 g/mol. The first-order valence-corrected chi connectivity index (χ1v) is 8.14. The van der Waals surface area contributed by atoms with Gasteiger partial charge in [-0.25, -0.2) is 4.39 Å². The highest BCUT2D eigenvalue weighted by Crippen LogP contribution is 2.32. The zero-order valence-electron chi connectivity index (χ0n) is 13.6. The van der Waals surface area contributed by atoms with Crippen LogP contribution in [0.15, 0.2) is 24.3 Å². The van der Waals surface area contributed by atoms with Crippen molar-refractivity contribution in [2.75, 3.05) is 29.0 Å². The lowest BCUT2D eigenvalue weighted by Gasteiger charge is -2.21. The molecular formula is C16H19FN6O2. The maximum atomic E-state index is 13.1. The lowest BCUT2D eigenvalue weighted by molar-refractivity contribution is -0.383. The predicted molar refractivity (Wildman–Crippen MR) is 93.5 cm³/mol. The summed E-state index contributed by atoms with van der Waals surface area (Å²) in [5.74, 6) is -0.214. The highest BCUT2D eigenvalue weighted by atomic mass is 19.1. The number of halogens is 1. The van der Waals surface area contributed by atoms with Gasteiger partial charge in [0.1, 0.15) is 5.82 Å². The lowest BCUT2D eigenvalue weighted by atomic mass is 10.2. The highest BCUT2D eigenvalue weighted by molar-refractivity contribution is 5.74. The monoisotopic (exact) mass is 346 g/mol. The van der Waals surface area contributed by atoms with E-state index in [0.717, 1.165) is 38.8 Å². The van der Waals surface area contributed by atoms with Crippen molar-refractivity contribution in [1.29, 1.82) is 0 Å². The Morgan fingerprint density at radius 3 is 2.36 bits per heavy atom. The minimum Gasteiger partial charge on any atom is -0.378 e. The molecule has 0 atom stereocenters. The van der Waals surface area contributed by atoms with E-state index in [-0.39, 0.29) is 17.3 Å². The summed E-state index contributed by atoms with van der Waals surface area (Å²) < 4.78 is 13.1. The number of nitro groups is 1. The molecule has 1 saturated heterocycles. The number of nitrogens with one attached hydrogen (secondary N) is 1. The molecule has 132 valence electrons. The summed E-state index contributed by atoms with van der Waals surface area (Å²) in [4.78, 5) is 21.2. The zero-order chi connectivity index (χ0) is 17.8. The van der Waals surface area contributed by atoms with E-state index in [4.69, 9.17) is 5.73 Å². The number of nitrogens with two attached hydrogens (primary N) is 1. The summed E-state index contributed by atoms with van der Waals surface area (Å²) in [6.07, 6.45) is 4.31. The lowest BCUT2D eigenvalue weighted by Crippen LogP contribution is -2.26. The number of hydrogen-bond acceptors (Lipinski definition) is 7. The molecule has 9 heteroatoms. The molecule has 25 heavy (non-hydrogen) atoms. The van der Waals surface area contributed by atoms with Crippen molar-refractivity contribution in [3.8, 4) is 0 Å². The van der Waals surface area contributed by atoms with Crippen LogP contribution in [0.3, 0.4) is 0 Å². The summed E-state index contributed by atoms with van der Waals surface area (Å²) in [6.45, 7) is 1.57. The van der Waals surface area contributed by atoms with Crippen LogP contribution in [0, 0.1) is 15.9 Å². The number of benzene rings is 1. The van der Waals surface area contributed by atoms with Crippen molar-refractivity contribution >= 4 is 29.0 Å². The smallest absolute Gasteiger partial charge is 0.353 e. The Kier molecular flexibility index (Phi) is 4.92. The van der Waals surface area contributed by atoms with Crippen LogP contribution < -0.4 is 16.0 Å². The first-order valence-electron chi connectivity index (χ1n) is 8.14. The van der Waals surface area contributed by atoms with E-state index in [0.29, 0.717) is 11.6 Å². The van der Waals surface area contributed by atoms with Crippen molar-refractivity contribution in [1.82, 2.24) is 9.97 Å². The van der Waals surface area contributed by atoms with Gasteiger partial charge in [-0.15, -0.1) is 0 Å². The molecule has 1 fully saturated rings. The Balaban J connectivity index is 1.97. The van der Waals surface area contributed by atoms with E-state index in [2.05, 4.69) is 15.3 Å². The van der Waals surface area contributed by atoms with Gasteiger partial charge in [-0.3, -0.25) is 10.1 Å². The van der Waals surface area contributed by atoms with E-state index in [1.54, 1.807) is 0 Å². The summed E-state index contributed by atoms with van der Waals surface area (Å²) >= 11 is 0. The number of aromatic nitrogens is 2. The molecule has 0 amide bonds. The number of nitrogens with zero attached hydrogens (tertiary/aromatic N) is 4. The van der Waals surface area contributed by atoms with Crippen LogP contribution in [-0.2, 0) is 0 Å². The van der Waals surface area contributed by atoms with Gasteiger partial charge in [0, 0.05) is 18.8 Å². The van der Waals surface area contributed by atoms with Gasteiger partial charge in [0.15, 0.2) is 0 Å². The van der Waals surface area contributed by atoms with Gasteiger partial charge in [-0.2, -0.15) is 9.97 Å². The van der Waals surface area contributed by atoms with E-state index >= 15 is 0 Å². The van der Waals surface area contributed by atoms with Crippen molar-refractivity contribution < 1.29 is 9.31 Å². The summed E-state index contributed by atoms with van der Waals surface area (Å²) in [7, 11) is 0. The molecule has 0 spiro atoms. The van der Waals surface area contributed by atoms with Gasteiger partial charge in [-0.1, -0.05) is 12.8 Å². The highest BCUT2D eigenvalue weighted by Gasteiger charge is 2.25. The fraction of sp³-hybridized carbons (Fsp3) is 0.375. The number of hydrogen-bond donors (Lipinski definition) is 2. The van der Waals surface area contributed by atoms with E-state index in [1.165, 1.54) is 24.3 Å². The van der Waals surface area contributed by atoms with Crippen LogP contribution in [0.1, 0.15) is 25.7 Å². The van der Waals surface area contributed by atoms with Crippen LogP contribution in [0.5, 0.6) is 0 Å². The standard InChI is InChI=1S/C16H19FN6O2/c17-11-5-7-12(8-6-11)19-15-13(23(24)25)14(18)20-16(21-15)22-9-3-1-2-4-10-22/h5-8H,1-4,9-10H2,(H3,18,19,20,21). The van der Waals surface area contributed by atoms with Gasteiger partial charge in [0.25, 0.3) is 0 Å². The number of anilines is 4. The van der Waals surface area contributed by atoms with Crippen LogP contribution in [0.4, 0.5) is 33.3 Å². The molecule has 1 aliphatic heterocycles. The maximum absolute atomic E-state index is 13.1. The average Bonchev–Trinajstić information content (AvgIpc) is 2.85. The molecular weight excluding hydrogens is 327 g/mol. The Labute approximate surface area is 144 Å². The minimum atomic E-state index is -0.618. The third-order valence-corrected chi connectivity index (χ3v) is 4.08. The van der Waals surface area contributed by atoms with Gasteiger partial charge < -0.3 is 16.0 Å². The first kappa shape index (κ1) is 16.9. The Morgan fingerprint density at radius 1 is 1.12 bits per heavy atom. The molecule has 1 aromatic carbocycles. The van der Waals surface area contributed by atoms with Crippen molar-refractivity contribution in [2.24, 2.45) is 0 Å². The molecule has 0 aliphatic carbocycles. The van der Waals surface area contributed by atoms with E-state index in [9.17, 15) is 14.5 Å². The van der Waals surface area contributed by atoms with E-state index in [1.807, 2.05) is 4.90 Å².